The van der Waals surface area contributed by atoms with E-state index in [1.54, 1.807) is 29.2 Å². The highest BCUT2D eigenvalue weighted by molar-refractivity contribution is 5.94. The number of carbonyl (C=O) groups is 1. The van der Waals surface area contributed by atoms with Crippen molar-refractivity contribution in [2.24, 2.45) is 0 Å². The summed E-state index contributed by atoms with van der Waals surface area (Å²) in [5.41, 5.74) is 0.763. The van der Waals surface area contributed by atoms with Gasteiger partial charge in [-0.3, -0.25) is 9.48 Å². The first-order chi connectivity index (χ1) is 10.3. The number of amides is 1. The highest BCUT2D eigenvalue weighted by atomic mass is 16.2. The maximum atomic E-state index is 12.1. The highest BCUT2D eigenvalue weighted by Gasteiger charge is 2.10. The Hall–Kier alpha value is -2.72. The molecule has 0 unspecified atom stereocenters. The van der Waals surface area contributed by atoms with Crippen LogP contribution in [0.2, 0.25) is 0 Å². The van der Waals surface area contributed by atoms with Crippen LogP contribution in [0.4, 0.5) is 0 Å². The lowest BCUT2D eigenvalue weighted by Gasteiger charge is -2.06. The number of aryl methyl sites for hydroxylation is 1. The molecule has 2 aromatic heterocycles. The summed E-state index contributed by atoms with van der Waals surface area (Å²) in [5.74, 6) is 4.94. The molecule has 21 heavy (non-hydrogen) atoms. The number of rotatable bonds is 5. The van der Waals surface area contributed by atoms with Gasteiger partial charge in [0.15, 0.2) is 0 Å². The normalized spacial score (nSPS) is 9.76. The van der Waals surface area contributed by atoms with E-state index < -0.39 is 0 Å². The number of nitrogens with zero attached hydrogens (tertiary/aromatic N) is 4. The Morgan fingerprint density at radius 2 is 2.33 bits per heavy atom. The molecule has 2 heterocycles. The van der Waals surface area contributed by atoms with Crippen LogP contribution in [0.25, 0.3) is 0 Å². The van der Waals surface area contributed by atoms with Gasteiger partial charge in [0.25, 0.3) is 5.91 Å². The van der Waals surface area contributed by atoms with Crippen LogP contribution in [0.5, 0.6) is 0 Å². The van der Waals surface area contributed by atoms with Crippen molar-refractivity contribution in [2.75, 3.05) is 13.2 Å². The molecule has 0 aliphatic rings. The van der Waals surface area contributed by atoms with E-state index in [4.69, 9.17) is 5.11 Å². The van der Waals surface area contributed by atoms with Gasteiger partial charge < -0.3 is 10.4 Å². The molecule has 0 saturated carbocycles. The maximum Gasteiger partial charge on any atom is 0.271 e. The van der Waals surface area contributed by atoms with Gasteiger partial charge in [-0.25, -0.2) is 4.98 Å². The van der Waals surface area contributed by atoms with E-state index in [1.165, 1.54) is 6.20 Å². The third-order valence-electron chi connectivity index (χ3n) is 2.65. The summed E-state index contributed by atoms with van der Waals surface area (Å²) >= 11 is 0. The van der Waals surface area contributed by atoms with Crippen LogP contribution in [0.15, 0.2) is 30.7 Å². The standard InChI is InChI=1S/C14H15N5O2/c20-11-2-5-12-4-1-6-15-13(12)14(21)16-7-3-9-19-10-8-17-18-19/h1,4,6,8,10,20H,3,7,9,11H2,(H,16,21). The summed E-state index contributed by atoms with van der Waals surface area (Å²) in [6.45, 7) is 0.926. The van der Waals surface area contributed by atoms with Crippen LogP contribution in [0.3, 0.4) is 0 Å². The first kappa shape index (κ1) is 14.7. The molecular weight excluding hydrogens is 270 g/mol. The van der Waals surface area contributed by atoms with E-state index >= 15 is 0 Å². The monoisotopic (exact) mass is 285 g/mol. The zero-order valence-corrected chi connectivity index (χ0v) is 11.4. The van der Waals surface area contributed by atoms with E-state index in [0.717, 1.165) is 6.42 Å². The van der Waals surface area contributed by atoms with Gasteiger partial charge in [-0.1, -0.05) is 17.1 Å². The van der Waals surface area contributed by atoms with E-state index in [-0.39, 0.29) is 18.2 Å². The van der Waals surface area contributed by atoms with E-state index in [9.17, 15) is 4.79 Å². The predicted molar refractivity (Wildman–Crippen MR) is 75.2 cm³/mol. The lowest BCUT2D eigenvalue weighted by atomic mass is 10.2. The molecule has 0 radical (unpaired) electrons. The lowest BCUT2D eigenvalue weighted by Crippen LogP contribution is -2.27. The van der Waals surface area contributed by atoms with Gasteiger partial charge in [0.1, 0.15) is 12.3 Å². The lowest BCUT2D eigenvalue weighted by molar-refractivity contribution is 0.0947. The zero-order valence-electron chi connectivity index (χ0n) is 11.4. The largest absolute Gasteiger partial charge is 0.384 e. The summed E-state index contributed by atoms with van der Waals surface area (Å²) in [6.07, 6.45) is 5.65. The van der Waals surface area contributed by atoms with Crippen molar-refractivity contribution < 1.29 is 9.90 Å². The summed E-state index contributed by atoms with van der Waals surface area (Å²) in [7, 11) is 0. The molecule has 7 nitrogen and oxygen atoms in total. The van der Waals surface area contributed by atoms with Gasteiger partial charge in [-0.05, 0) is 18.6 Å². The molecular formula is C14H15N5O2. The maximum absolute atomic E-state index is 12.1. The number of aromatic nitrogens is 4. The molecule has 0 atom stereocenters. The average molecular weight is 285 g/mol. The van der Waals surface area contributed by atoms with Gasteiger partial charge in [0, 0.05) is 25.5 Å². The number of hydrogen-bond acceptors (Lipinski definition) is 5. The Morgan fingerprint density at radius 3 is 3.10 bits per heavy atom. The molecule has 2 aromatic rings. The molecule has 2 N–H and O–H groups in total. The van der Waals surface area contributed by atoms with Crippen molar-refractivity contribution in [3.8, 4) is 11.8 Å². The predicted octanol–water partition coefficient (Wildman–Crippen LogP) is -0.163. The summed E-state index contributed by atoms with van der Waals surface area (Å²) in [5, 5.41) is 19.0. The molecule has 0 fully saturated rings. The third-order valence-corrected chi connectivity index (χ3v) is 2.65. The number of hydrogen-bond donors (Lipinski definition) is 2. The van der Waals surface area contributed by atoms with Crippen molar-refractivity contribution in [1.29, 1.82) is 0 Å². The van der Waals surface area contributed by atoms with Crippen molar-refractivity contribution in [3.05, 3.63) is 42.0 Å². The average Bonchev–Trinajstić information content (AvgIpc) is 3.03. The summed E-state index contributed by atoms with van der Waals surface area (Å²) < 4.78 is 1.70. The molecule has 0 saturated heterocycles. The minimum absolute atomic E-state index is 0.256. The molecule has 7 heteroatoms. The number of aliphatic hydroxyl groups excluding tert-OH is 1. The highest BCUT2D eigenvalue weighted by Crippen LogP contribution is 2.03. The number of aliphatic hydroxyl groups is 1. The van der Waals surface area contributed by atoms with Crippen molar-refractivity contribution >= 4 is 5.91 Å². The van der Waals surface area contributed by atoms with Crippen LogP contribution in [-0.4, -0.2) is 44.1 Å². The van der Waals surface area contributed by atoms with Gasteiger partial charge in [0.2, 0.25) is 0 Å². The SMILES string of the molecule is O=C(NCCCn1ccnn1)c1ncccc1C#CCO. The van der Waals surface area contributed by atoms with Gasteiger partial charge in [-0.15, -0.1) is 5.10 Å². The van der Waals surface area contributed by atoms with Gasteiger partial charge >= 0.3 is 0 Å². The molecule has 0 bridgehead atoms. The first-order valence-electron chi connectivity index (χ1n) is 6.48. The molecule has 1 amide bonds. The smallest absolute Gasteiger partial charge is 0.271 e. The van der Waals surface area contributed by atoms with Crippen LogP contribution in [0, 0.1) is 11.8 Å². The molecule has 0 aliphatic heterocycles. The Bertz CT molecular complexity index is 643. The first-order valence-corrected chi connectivity index (χ1v) is 6.48. The third kappa shape index (κ3) is 4.40. The van der Waals surface area contributed by atoms with Crippen LogP contribution < -0.4 is 5.32 Å². The quantitative estimate of drug-likeness (QED) is 0.588. The second-order valence-corrected chi connectivity index (χ2v) is 4.14. The number of carbonyl (C=O) groups excluding carboxylic acids is 1. The van der Waals surface area contributed by atoms with E-state index in [0.29, 0.717) is 18.7 Å². The van der Waals surface area contributed by atoms with Gasteiger partial charge in [-0.2, -0.15) is 0 Å². The van der Waals surface area contributed by atoms with E-state index in [1.807, 2.05) is 0 Å². The summed E-state index contributed by atoms with van der Waals surface area (Å²) in [6, 6.07) is 3.39. The minimum Gasteiger partial charge on any atom is -0.384 e. The molecule has 0 spiro atoms. The van der Waals surface area contributed by atoms with Crippen LogP contribution in [0.1, 0.15) is 22.5 Å². The van der Waals surface area contributed by atoms with Crippen LogP contribution in [-0.2, 0) is 6.54 Å². The summed E-state index contributed by atoms with van der Waals surface area (Å²) in [4.78, 5) is 16.1. The van der Waals surface area contributed by atoms with Gasteiger partial charge in [0.05, 0.1) is 11.8 Å². The fourth-order valence-electron chi connectivity index (χ4n) is 1.70. The van der Waals surface area contributed by atoms with Crippen molar-refractivity contribution in [1.82, 2.24) is 25.3 Å². The van der Waals surface area contributed by atoms with E-state index in [2.05, 4.69) is 32.5 Å². The Kier molecular flexibility index (Phi) is 5.43. The van der Waals surface area contributed by atoms with Crippen LogP contribution >= 0.6 is 0 Å². The fraction of sp³-hybridized carbons (Fsp3) is 0.286. The second-order valence-electron chi connectivity index (χ2n) is 4.14. The minimum atomic E-state index is -0.281. The van der Waals surface area contributed by atoms with Crippen molar-refractivity contribution in [2.45, 2.75) is 13.0 Å². The Balaban J connectivity index is 1.88. The number of pyridine rings is 1. The topological polar surface area (TPSA) is 92.9 Å². The van der Waals surface area contributed by atoms with Crippen molar-refractivity contribution in [3.63, 3.8) is 0 Å². The molecule has 2 rings (SSSR count). The second kappa shape index (κ2) is 7.77. The fourth-order valence-corrected chi connectivity index (χ4v) is 1.70. The molecule has 0 aliphatic carbocycles. The molecule has 108 valence electrons. The Labute approximate surface area is 122 Å². The zero-order chi connectivity index (χ0) is 14.9. The number of nitrogens with one attached hydrogen (secondary N) is 1. The Morgan fingerprint density at radius 1 is 1.43 bits per heavy atom. The molecule has 0 aromatic carbocycles.